The third-order valence-corrected chi connectivity index (χ3v) is 4.04. The number of hydrogen-bond acceptors (Lipinski definition) is 4. The predicted octanol–water partition coefficient (Wildman–Crippen LogP) is 1.02. The van der Waals surface area contributed by atoms with Gasteiger partial charge < -0.3 is 15.6 Å². The van der Waals surface area contributed by atoms with E-state index < -0.39 is 0 Å². The fourth-order valence-corrected chi connectivity index (χ4v) is 2.70. The van der Waals surface area contributed by atoms with Crippen LogP contribution in [0.2, 0.25) is 0 Å². The highest BCUT2D eigenvalue weighted by molar-refractivity contribution is 5.46. The summed E-state index contributed by atoms with van der Waals surface area (Å²) in [4.78, 5) is 18.4. The summed E-state index contributed by atoms with van der Waals surface area (Å²) in [6, 6.07) is 0. The van der Waals surface area contributed by atoms with Crippen LogP contribution in [0.3, 0.4) is 0 Å². The van der Waals surface area contributed by atoms with Crippen molar-refractivity contribution in [3.05, 3.63) is 21.7 Å². The predicted molar refractivity (Wildman–Crippen MR) is 70.7 cm³/mol. The van der Waals surface area contributed by atoms with Crippen molar-refractivity contribution in [2.45, 2.75) is 38.6 Å². The lowest BCUT2D eigenvalue weighted by atomic mass is 9.83. The van der Waals surface area contributed by atoms with Gasteiger partial charge in [-0.1, -0.05) is 19.3 Å². The molecule has 5 heteroatoms. The number of hydrogen-bond donors (Lipinski definition) is 3. The van der Waals surface area contributed by atoms with Crippen LogP contribution in [0.25, 0.3) is 0 Å². The Bertz CT molecular complexity index is 478. The van der Waals surface area contributed by atoms with Crippen molar-refractivity contribution in [1.29, 1.82) is 0 Å². The van der Waals surface area contributed by atoms with Gasteiger partial charge in [0.2, 0.25) is 0 Å². The molecule has 18 heavy (non-hydrogen) atoms. The molecule has 3 rings (SSSR count). The highest BCUT2D eigenvalue weighted by Crippen LogP contribution is 2.29. The number of nitrogens with one attached hydrogen (secondary N) is 3. The van der Waals surface area contributed by atoms with Crippen LogP contribution in [-0.4, -0.2) is 23.1 Å². The van der Waals surface area contributed by atoms with E-state index in [1.54, 1.807) is 0 Å². The molecule has 98 valence electrons. The zero-order valence-electron chi connectivity index (χ0n) is 10.6. The van der Waals surface area contributed by atoms with E-state index in [0.717, 1.165) is 49.0 Å². The molecule has 5 nitrogen and oxygen atoms in total. The van der Waals surface area contributed by atoms with Crippen LogP contribution in [0.15, 0.2) is 4.79 Å². The average molecular weight is 248 g/mol. The monoisotopic (exact) mass is 248 g/mol. The smallest absolute Gasteiger partial charge is 0.347 e. The van der Waals surface area contributed by atoms with E-state index in [1.807, 2.05) is 0 Å². The molecule has 2 aliphatic rings. The molecule has 0 radical (unpaired) electrons. The molecule has 3 N–H and O–H groups in total. The molecule has 1 aromatic rings. The fraction of sp³-hybridized carbons (Fsp3) is 0.692. The van der Waals surface area contributed by atoms with E-state index in [2.05, 4.69) is 20.6 Å². The highest BCUT2D eigenvalue weighted by Gasteiger charge is 2.18. The molecule has 0 unspecified atom stereocenters. The lowest BCUT2D eigenvalue weighted by Gasteiger charge is -2.26. The molecule has 0 atom stereocenters. The number of rotatable bonds is 4. The summed E-state index contributed by atoms with van der Waals surface area (Å²) < 4.78 is 0. The molecule has 0 amide bonds. The maximum Gasteiger partial charge on any atom is 0.347 e. The van der Waals surface area contributed by atoms with Crippen molar-refractivity contribution in [3.8, 4) is 0 Å². The van der Waals surface area contributed by atoms with Gasteiger partial charge in [-0.3, -0.25) is 0 Å². The van der Waals surface area contributed by atoms with Gasteiger partial charge in [0.1, 0.15) is 5.82 Å². The van der Waals surface area contributed by atoms with Gasteiger partial charge in [0.25, 0.3) is 0 Å². The first-order chi connectivity index (χ1) is 8.83. The third-order valence-electron chi connectivity index (χ3n) is 4.04. The Hall–Kier alpha value is -1.36. The van der Waals surface area contributed by atoms with Crippen LogP contribution in [0.4, 0.5) is 5.82 Å². The molecule has 0 bridgehead atoms. The summed E-state index contributed by atoms with van der Waals surface area (Å²) >= 11 is 0. The molecule has 0 spiro atoms. The van der Waals surface area contributed by atoms with Gasteiger partial charge in [0, 0.05) is 37.3 Å². The molecular formula is C13H20N4O. The van der Waals surface area contributed by atoms with Gasteiger partial charge in [-0.15, -0.1) is 0 Å². The number of anilines is 1. The highest BCUT2D eigenvalue weighted by atomic mass is 16.1. The van der Waals surface area contributed by atoms with Crippen molar-refractivity contribution >= 4 is 5.82 Å². The van der Waals surface area contributed by atoms with E-state index in [9.17, 15) is 4.79 Å². The van der Waals surface area contributed by atoms with Crippen molar-refractivity contribution in [2.75, 3.05) is 18.4 Å². The van der Waals surface area contributed by atoms with Gasteiger partial charge in [0.05, 0.1) is 0 Å². The van der Waals surface area contributed by atoms with Crippen molar-refractivity contribution in [2.24, 2.45) is 5.92 Å². The van der Waals surface area contributed by atoms with Gasteiger partial charge in [0.15, 0.2) is 0 Å². The molecule has 1 fully saturated rings. The Morgan fingerprint density at radius 1 is 1.39 bits per heavy atom. The van der Waals surface area contributed by atoms with Crippen LogP contribution < -0.4 is 16.3 Å². The molecule has 2 heterocycles. The summed E-state index contributed by atoms with van der Waals surface area (Å²) in [6.07, 6.45) is 6.18. The lowest BCUT2D eigenvalue weighted by molar-refractivity contribution is 0.303. The number of H-pyrrole nitrogens is 1. The van der Waals surface area contributed by atoms with E-state index in [0.29, 0.717) is 0 Å². The van der Waals surface area contributed by atoms with Crippen LogP contribution in [0.5, 0.6) is 0 Å². The summed E-state index contributed by atoms with van der Waals surface area (Å²) in [5.74, 6) is 1.66. The first-order valence-electron chi connectivity index (χ1n) is 6.89. The molecule has 1 aromatic heterocycles. The third kappa shape index (κ3) is 2.41. The van der Waals surface area contributed by atoms with Crippen molar-refractivity contribution < 1.29 is 0 Å². The number of aromatic nitrogens is 2. The van der Waals surface area contributed by atoms with E-state index in [1.165, 1.54) is 25.7 Å². The second-order valence-electron chi connectivity index (χ2n) is 5.29. The fourth-order valence-electron chi connectivity index (χ4n) is 2.70. The van der Waals surface area contributed by atoms with Crippen LogP contribution in [0, 0.1) is 5.92 Å². The second kappa shape index (κ2) is 5.10. The van der Waals surface area contributed by atoms with E-state index >= 15 is 0 Å². The zero-order valence-corrected chi connectivity index (χ0v) is 10.6. The number of fused-ring (bicyclic) bond motifs is 1. The molecular weight excluding hydrogens is 228 g/mol. The summed E-state index contributed by atoms with van der Waals surface area (Å²) in [7, 11) is 0. The van der Waals surface area contributed by atoms with Crippen LogP contribution in [-0.2, 0) is 13.0 Å². The Morgan fingerprint density at radius 2 is 2.28 bits per heavy atom. The minimum absolute atomic E-state index is 0.234. The van der Waals surface area contributed by atoms with Crippen molar-refractivity contribution in [3.63, 3.8) is 0 Å². The van der Waals surface area contributed by atoms with Crippen molar-refractivity contribution in [1.82, 2.24) is 15.3 Å². The molecule has 1 aliphatic heterocycles. The maximum atomic E-state index is 11.5. The van der Waals surface area contributed by atoms with Gasteiger partial charge in [-0.25, -0.2) is 4.79 Å². The minimum atomic E-state index is -0.234. The minimum Gasteiger partial charge on any atom is -0.370 e. The normalized spacial score (nSPS) is 19.1. The molecule has 1 saturated carbocycles. The first kappa shape index (κ1) is 11.7. The summed E-state index contributed by atoms with van der Waals surface area (Å²) in [5, 5.41) is 6.66. The molecule has 0 aromatic carbocycles. The lowest BCUT2D eigenvalue weighted by Crippen LogP contribution is -2.30. The first-order valence-corrected chi connectivity index (χ1v) is 6.89. The Balaban J connectivity index is 1.69. The quantitative estimate of drug-likeness (QED) is 0.744. The van der Waals surface area contributed by atoms with Gasteiger partial charge in [-0.2, -0.15) is 4.98 Å². The molecule has 0 saturated heterocycles. The molecule has 1 aliphatic carbocycles. The topological polar surface area (TPSA) is 69.8 Å². The zero-order chi connectivity index (χ0) is 12.4. The summed E-state index contributed by atoms with van der Waals surface area (Å²) in [6.45, 7) is 2.65. The standard InChI is InChI=1S/C13H20N4O/c18-13-16-11-5-6-14-8-10(11)12(17-13)15-7-4-9-2-1-3-9/h9,14H,1-8H2,(H2,15,16,17,18). The Labute approximate surface area is 106 Å². The van der Waals surface area contributed by atoms with E-state index in [-0.39, 0.29) is 5.69 Å². The van der Waals surface area contributed by atoms with Crippen LogP contribution >= 0.6 is 0 Å². The summed E-state index contributed by atoms with van der Waals surface area (Å²) in [5.41, 5.74) is 1.94. The second-order valence-corrected chi connectivity index (χ2v) is 5.29. The largest absolute Gasteiger partial charge is 0.370 e. The van der Waals surface area contributed by atoms with Gasteiger partial charge >= 0.3 is 5.69 Å². The maximum absolute atomic E-state index is 11.5. The SMILES string of the molecule is O=c1nc(NCCC2CCC2)c2c([nH]1)CCNC2. The number of aromatic amines is 1. The van der Waals surface area contributed by atoms with Crippen LogP contribution in [0.1, 0.15) is 36.9 Å². The van der Waals surface area contributed by atoms with E-state index in [4.69, 9.17) is 0 Å². The van der Waals surface area contributed by atoms with Gasteiger partial charge in [-0.05, 0) is 12.3 Å². The Kier molecular flexibility index (Phi) is 3.32. The Morgan fingerprint density at radius 3 is 3.06 bits per heavy atom. The average Bonchev–Trinajstić information content (AvgIpc) is 2.32. The number of nitrogens with zero attached hydrogens (tertiary/aromatic N) is 1.